The first-order chi connectivity index (χ1) is 12.9. The SMILES string of the molecule is CC(C)Cc1ccc(CC(=O)Nc2nc(-c3c[nH]c(C(N)=O)c3)cs2)cc1. The normalized spacial score (nSPS) is 10.9. The standard InChI is InChI=1S/C20H22N4O2S/c1-12(2)7-13-3-5-14(6-4-13)8-18(25)24-20-23-17(11-27-20)15-9-16(19(21)26)22-10-15/h3-6,9-12,22H,7-8H2,1-2H3,(H2,21,26)(H,23,24,25). The van der Waals surface area contributed by atoms with E-state index < -0.39 is 5.91 Å². The van der Waals surface area contributed by atoms with Crippen molar-refractivity contribution >= 4 is 28.3 Å². The van der Waals surface area contributed by atoms with Gasteiger partial charge in [-0.2, -0.15) is 0 Å². The van der Waals surface area contributed by atoms with E-state index in [2.05, 4.69) is 41.3 Å². The summed E-state index contributed by atoms with van der Waals surface area (Å²) in [6.45, 7) is 4.37. The van der Waals surface area contributed by atoms with Crippen LogP contribution in [0.2, 0.25) is 0 Å². The van der Waals surface area contributed by atoms with Crippen LogP contribution < -0.4 is 11.1 Å². The Balaban J connectivity index is 1.59. The number of anilines is 1. The second-order valence-corrected chi connectivity index (χ2v) is 7.70. The van der Waals surface area contributed by atoms with Crippen LogP contribution in [0.4, 0.5) is 5.13 Å². The number of nitrogens with one attached hydrogen (secondary N) is 2. The number of H-pyrrole nitrogens is 1. The van der Waals surface area contributed by atoms with Crippen LogP contribution in [-0.2, 0) is 17.6 Å². The first-order valence-corrected chi connectivity index (χ1v) is 9.60. The Hall–Kier alpha value is -2.93. The number of amides is 2. The molecule has 0 aliphatic rings. The number of primary amides is 1. The van der Waals surface area contributed by atoms with Gasteiger partial charge < -0.3 is 16.0 Å². The fourth-order valence-electron chi connectivity index (χ4n) is 2.76. The second kappa shape index (κ2) is 8.18. The lowest BCUT2D eigenvalue weighted by atomic mass is 10.0. The lowest BCUT2D eigenvalue weighted by Gasteiger charge is -2.06. The predicted octanol–water partition coefficient (Wildman–Crippen LogP) is 3.62. The molecule has 0 spiro atoms. The summed E-state index contributed by atoms with van der Waals surface area (Å²) in [6, 6.07) is 9.78. The highest BCUT2D eigenvalue weighted by molar-refractivity contribution is 7.14. The van der Waals surface area contributed by atoms with E-state index in [0.29, 0.717) is 28.9 Å². The minimum Gasteiger partial charge on any atom is -0.364 e. The zero-order valence-corrected chi connectivity index (χ0v) is 16.1. The van der Waals surface area contributed by atoms with Gasteiger partial charge in [-0.3, -0.25) is 9.59 Å². The maximum atomic E-state index is 12.3. The van der Waals surface area contributed by atoms with Crippen LogP contribution in [0.1, 0.15) is 35.5 Å². The summed E-state index contributed by atoms with van der Waals surface area (Å²) >= 11 is 1.34. The van der Waals surface area contributed by atoms with Crippen molar-refractivity contribution in [1.82, 2.24) is 9.97 Å². The summed E-state index contributed by atoms with van der Waals surface area (Å²) in [6.07, 6.45) is 3.00. The molecule has 1 aromatic carbocycles. The van der Waals surface area contributed by atoms with Gasteiger partial charge in [0.25, 0.3) is 5.91 Å². The molecule has 0 saturated carbocycles. The Kier molecular flexibility index (Phi) is 5.71. The summed E-state index contributed by atoms with van der Waals surface area (Å²) in [4.78, 5) is 30.6. The van der Waals surface area contributed by atoms with Gasteiger partial charge in [-0.25, -0.2) is 4.98 Å². The molecule has 140 valence electrons. The number of aromatic nitrogens is 2. The van der Waals surface area contributed by atoms with E-state index in [1.165, 1.54) is 16.9 Å². The number of carbonyl (C=O) groups is 2. The molecule has 2 heterocycles. The Morgan fingerprint density at radius 1 is 1.22 bits per heavy atom. The van der Waals surface area contributed by atoms with Gasteiger partial charge in [-0.05, 0) is 29.5 Å². The van der Waals surface area contributed by atoms with Gasteiger partial charge in [-0.1, -0.05) is 38.1 Å². The molecule has 0 atom stereocenters. The molecule has 0 saturated heterocycles. The topological polar surface area (TPSA) is 101 Å². The Morgan fingerprint density at radius 3 is 2.56 bits per heavy atom. The number of thiazole rings is 1. The molecular weight excluding hydrogens is 360 g/mol. The first kappa shape index (κ1) is 18.8. The van der Waals surface area contributed by atoms with Crippen LogP contribution in [0.25, 0.3) is 11.3 Å². The van der Waals surface area contributed by atoms with Crippen LogP contribution in [0.5, 0.6) is 0 Å². The summed E-state index contributed by atoms with van der Waals surface area (Å²) in [5.41, 5.74) is 9.23. The van der Waals surface area contributed by atoms with Gasteiger partial charge in [0.1, 0.15) is 5.69 Å². The summed E-state index contributed by atoms with van der Waals surface area (Å²) < 4.78 is 0. The number of hydrogen-bond acceptors (Lipinski definition) is 4. The van der Waals surface area contributed by atoms with Gasteiger partial charge >= 0.3 is 0 Å². The maximum absolute atomic E-state index is 12.3. The van der Waals surface area contributed by atoms with E-state index in [4.69, 9.17) is 5.73 Å². The molecule has 6 nitrogen and oxygen atoms in total. The smallest absolute Gasteiger partial charge is 0.265 e. The van der Waals surface area contributed by atoms with Crippen molar-refractivity contribution in [3.8, 4) is 11.3 Å². The van der Waals surface area contributed by atoms with Crippen LogP contribution in [0.3, 0.4) is 0 Å². The third-order valence-electron chi connectivity index (χ3n) is 4.03. The fourth-order valence-corrected chi connectivity index (χ4v) is 3.50. The summed E-state index contributed by atoms with van der Waals surface area (Å²) in [5, 5.41) is 5.17. The summed E-state index contributed by atoms with van der Waals surface area (Å²) in [7, 11) is 0. The third kappa shape index (κ3) is 5.04. The monoisotopic (exact) mass is 382 g/mol. The highest BCUT2D eigenvalue weighted by Crippen LogP contribution is 2.25. The third-order valence-corrected chi connectivity index (χ3v) is 4.78. The molecule has 3 aromatic rings. The number of nitrogens with two attached hydrogens (primary N) is 1. The highest BCUT2D eigenvalue weighted by Gasteiger charge is 2.11. The van der Waals surface area contributed by atoms with Gasteiger partial charge in [0.05, 0.1) is 12.1 Å². The lowest BCUT2D eigenvalue weighted by Crippen LogP contribution is -2.14. The Labute approximate surface area is 161 Å². The number of aromatic amines is 1. The quantitative estimate of drug-likeness (QED) is 0.582. The van der Waals surface area contributed by atoms with Crippen molar-refractivity contribution in [2.75, 3.05) is 5.32 Å². The van der Waals surface area contributed by atoms with Gasteiger partial charge in [0.15, 0.2) is 5.13 Å². The molecule has 2 aromatic heterocycles. The number of benzene rings is 1. The van der Waals surface area contributed by atoms with Crippen molar-refractivity contribution < 1.29 is 9.59 Å². The van der Waals surface area contributed by atoms with Crippen LogP contribution in [-0.4, -0.2) is 21.8 Å². The fraction of sp³-hybridized carbons (Fsp3) is 0.250. The molecule has 7 heteroatoms. The minimum atomic E-state index is -0.524. The minimum absolute atomic E-state index is 0.112. The first-order valence-electron chi connectivity index (χ1n) is 8.72. The molecule has 0 aliphatic carbocycles. The number of hydrogen-bond donors (Lipinski definition) is 3. The molecule has 0 radical (unpaired) electrons. The zero-order chi connectivity index (χ0) is 19.4. The molecule has 0 aliphatic heterocycles. The average molecular weight is 382 g/mol. The molecule has 3 rings (SSSR count). The van der Waals surface area contributed by atoms with Gasteiger partial charge in [0, 0.05) is 17.1 Å². The van der Waals surface area contributed by atoms with Gasteiger partial charge in [-0.15, -0.1) is 11.3 Å². The van der Waals surface area contributed by atoms with Crippen molar-refractivity contribution in [1.29, 1.82) is 0 Å². The maximum Gasteiger partial charge on any atom is 0.265 e. The van der Waals surface area contributed by atoms with E-state index >= 15 is 0 Å². The Bertz CT molecular complexity index is 941. The molecule has 0 fully saturated rings. The van der Waals surface area contributed by atoms with E-state index in [1.54, 1.807) is 12.3 Å². The van der Waals surface area contributed by atoms with E-state index in [9.17, 15) is 9.59 Å². The number of carbonyl (C=O) groups excluding carboxylic acids is 2. The van der Waals surface area contributed by atoms with Gasteiger partial charge in [0.2, 0.25) is 5.91 Å². The molecule has 4 N–H and O–H groups in total. The molecule has 0 unspecified atom stereocenters. The van der Waals surface area contributed by atoms with Crippen molar-refractivity contribution in [3.05, 3.63) is 58.7 Å². The highest BCUT2D eigenvalue weighted by atomic mass is 32.1. The van der Waals surface area contributed by atoms with Crippen molar-refractivity contribution in [3.63, 3.8) is 0 Å². The number of rotatable bonds is 7. The number of nitrogens with zero attached hydrogens (tertiary/aromatic N) is 1. The van der Waals surface area contributed by atoms with Crippen molar-refractivity contribution in [2.24, 2.45) is 11.7 Å². The Morgan fingerprint density at radius 2 is 1.93 bits per heavy atom. The van der Waals surface area contributed by atoms with Crippen LogP contribution in [0.15, 0.2) is 41.9 Å². The lowest BCUT2D eigenvalue weighted by molar-refractivity contribution is -0.115. The molecule has 2 amide bonds. The van der Waals surface area contributed by atoms with E-state index in [-0.39, 0.29) is 5.91 Å². The molecular formula is C20H22N4O2S. The second-order valence-electron chi connectivity index (χ2n) is 6.84. The predicted molar refractivity (Wildman–Crippen MR) is 108 cm³/mol. The van der Waals surface area contributed by atoms with E-state index in [0.717, 1.165) is 17.5 Å². The molecule has 27 heavy (non-hydrogen) atoms. The van der Waals surface area contributed by atoms with Crippen molar-refractivity contribution in [2.45, 2.75) is 26.7 Å². The van der Waals surface area contributed by atoms with Crippen LogP contribution in [0, 0.1) is 5.92 Å². The largest absolute Gasteiger partial charge is 0.364 e. The average Bonchev–Trinajstić information content (AvgIpc) is 3.25. The zero-order valence-electron chi connectivity index (χ0n) is 15.3. The van der Waals surface area contributed by atoms with Crippen LogP contribution >= 0.6 is 11.3 Å². The van der Waals surface area contributed by atoms with E-state index in [1.807, 2.05) is 17.5 Å². The summed E-state index contributed by atoms with van der Waals surface area (Å²) in [5.74, 6) is -0.0267. The molecule has 0 bridgehead atoms.